The van der Waals surface area contributed by atoms with E-state index in [2.05, 4.69) is 53.2 Å². The first-order chi connectivity index (χ1) is 11.5. The van der Waals surface area contributed by atoms with Crippen molar-refractivity contribution >= 4 is 40.3 Å². The molecule has 0 aliphatic carbocycles. The van der Waals surface area contributed by atoms with Crippen molar-refractivity contribution in [1.82, 2.24) is 4.90 Å². The molecule has 1 N–H and O–H groups in total. The molecule has 1 fully saturated rings. The number of nitrogens with zero attached hydrogens (tertiary/aromatic N) is 2. The lowest BCUT2D eigenvalue weighted by Crippen LogP contribution is -2.50. The molecule has 3 nitrogen and oxygen atoms in total. The monoisotopic (exact) mass is 359 g/mol. The lowest BCUT2D eigenvalue weighted by molar-refractivity contribution is 0.391. The van der Waals surface area contributed by atoms with Crippen molar-refractivity contribution < 1.29 is 0 Å². The maximum atomic E-state index is 6.09. The largest absolute Gasteiger partial charge is 0.368 e. The van der Waals surface area contributed by atoms with Crippen molar-refractivity contribution in [2.75, 3.05) is 36.4 Å². The summed E-state index contributed by atoms with van der Waals surface area (Å²) < 4.78 is 0. The molecule has 1 saturated heterocycles. The molecule has 1 heterocycles. The molecule has 0 spiro atoms. The van der Waals surface area contributed by atoms with E-state index in [1.54, 1.807) is 0 Å². The molecule has 0 amide bonds. The average molecular weight is 360 g/mol. The number of hydrogen-bond acceptors (Lipinski definition) is 2. The van der Waals surface area contributed by atoms with E-state index in [1.165, 1.54) is 16.8 Å². The van der Waals surface area contributed by atoms with Gasteiger partial charge in [0.1, 0.15) is 0 Å². The average Bonchev–Trinajstić information content (AvgIpc) is 2.58. The van der Waals surface area contributed by atoms with Gasteiger partial charge in [-0.05, 0) is 61.5 Å². The second-order valence-corrected chi connectivity index (χ2v) is 7.03. The smallest absolute Gasteiger partial charge is 0.173 e. The lowest BCUT2D eigenvalue weighted by Gasteiger charge is -2.37. The highest BCUT2D eigenvalue weighted by molar-refractivity contribution is 7.80. The van der Waals surface area contributed by atoms with Gasteiger partial charge in [-0.3, -0.25) is 0 Å². The van der Waals surface area contributed by atoms with Gasteiger partial charge in [0.25, 0.3) is 0 Å². The van der Waals surface area contributed by atoms with E-state index in [-0.39, 0.29) is 0 Å². The summed E-state index contributed by atoms with van der Waals surface area (Å²) >= 11 is 11.7. The van der Waals surface area contributed by atoms with Crippen LogP contribution in [0, 0.1) is 13.8 Å². The van der Waals surface area contributed by atoms with Gasteiger partial charge in [-0.25, -0.2) is 0 Å². The van der Waals surface area contributed by atoms with Gasteiger partial charge in [0.15, 0.2) is 5.11 Å². The van der Waals surface area contributed by atoms with E-state index in [0.29, 0.717) is 0 Å². The Kier molecular flexibility index (Phi) is 5.27. The number of rotatable bonds is 2. The first-order valence-corrected chi connectivity index (χ1v) is 8.95. The number of halogens is 1. The minimum absolute atomic E-state index is 0.780. The zero-order valence-corrected chi connectivity index (χ0v) is 15.6. The van der Waals surface area contributed by atoms with Crippen LogP contribution in [0.3, 0.4) is 0 Å². The van der Waals surface area contributed by atoms with Gasteiger partial charge in [0.05, 0.1) is 0 Å². The quantitative estimate of drug-likeness (QED) is 0.797. The topological polar surface area (TPSA) is 18.5 Å². The summed E-state index contributed by atoms with van der Waals surface area (Å²) in [6, 6.07) is 14.4. The Balaban J connectivity index is 1.60. The summed E-state index contributed by atoms with van der Waals surface area (Å²) in [5.41, 5.74) is 4.71. The SMILES string of the molecule is Cc1ccc(C)c(NC(=S)N2CCN(c3cccc(Cl)c3)CC2)c1. The van der Waals surface area contributed by atoms with E-state index in [1.807, 2.05) is 18.2 Å². The second kappa shape index (κ2) is 7.41. The summed E-state index contributed by atoms with van der Waals surface area (Å²) in [5, 5.41) is 4.98. The van der Waals surface area contributed by atoms with E-state index in [9.17, 15) is 0 Å². The van der Waals surface area contributed by atoms with Gasteiger partial charge in [-0.15, -0.1) is 0 Å². The van der Waals surface area contributed by atoms with Crippen LogP contribution >= 0.6 is 23.8 Å². The van der Waals surface area contributed by atoms with E-state index in [0.717, 1.165) is 42.0 Å². The van der Waals surface area contributed by atoms with Crippen LogP contribution in [0.2, 0.25) is 5.02 Å². The molecule has 5 heteroatoms. The molecule has 0 saturated carbocycles. The molecule has 126 valence electrons. The van der Waals surface area contributed by atoms with Crippen LogP contribution in [0.5, 0.6) is 0 Å². The number of nitrogens with one attached hydrogen (secondary N) is 1. The van der Waals surface area contributed by atoms with E-state index in [4.69, 9.17) is 23.8 Å². The minimum Gasteiger partial charge on any atom is -0.368 e. The van der Waals surface area contributed by atoms with Gasteiger partial charge >= 0.3 is 0 Å². The molecule has 0 unspecified atom stereocenters. The Morgan fingerprint density at radius 3 is 2.50 bits per heavy atom. The zero-order valence-electron chi connectivity index (χ0n) is 14.1. The molecule has 0 bridgehead atoms. The van der Waals surface area contributed by atoms with Crippen LogP contribution in [0.15, 0.2) is 42.5 Å². The van der Waals surface area contributed by atoms with Crippen molar-refractivity contribution in [3.8, 4) is 0 Å². The fraction of sp³-hybridized carbons (Fsp3) is 0.316. The third-order valence-corrected chi connectivity index (χ3v) is 4.97. The third kappa shape index (κ3) is 4.00. The summed E-state index contributed by atoms with van der Waals surface area (Å²) in [6.07, 6.45) is 0. The van der Waals surface area contributed by atoms with Crippen LogP contribution in [0.25, 0.3) is 0 Å². The Morgan fingerprint density at radius 1 is 1.04 bits per heavy atom. The van der Waals surface area contributed by atoms with Gasteiger partial charge in [0.2, 0.25) is 0 Å². The maximum absolute atomic E-state index is 6.09. The number of aryl methyl sites for hydroxylation is 2. The Hall–Kier alpha value is -1.78. The van der Waals surface area contributed by atoms with Crippen molar-refractivity contribution in [3.05, 3.63) is 58.6 Å². The normalized spacial score (nSPS) is 14.6. The first kappa shape index (κ1) is 17.1. The van der Waals surface area contributed by atoms with Crippen LogP contribution in [-0.2, 0) is 0 Å². The number of piperazine rings is 1. The summed E-state index contributed by atoms with van der Waals surface area (Å²) in [5.74, 6) is 0. The standard InChI is InChI=1S/C19H22ClN3S/c1-14-6-7-15(2)18(12-14)21-19(24)23-10-8-22(9-11-23)17-5-3-4-16(20)13-17/h3-7,12-13H,8-11H2,1-2H3,(H,21,24). The third-order valence-electron chi connectivity index (χ3n) is 4.37. The summed E-state index contributed by atoms with van der Waals surface area (Å²) in [6.45, 7) is 7.88. The summed E-state index contributed by atoms with van der Waals surface area (Å²) in [4.78, 5) is 4.58. The number of benzene rings is 2. The molecule has 0 radical (unpaired) electrons. The number of thiocarbonyl (C=S) groups is 1. The van der Waals surface area contributed by atoms with E-state index >= 15 is 0 Å². The predicted octanol–water partition coefficient (Wildman–Crippen LogP) is 4.48. The Bertz CT molecular complexity index is 739. The van der Waals surface area contributed by atoms with Crippen LogP contribution < -0.4 is 10.2 Å². The van der Waals surface area contributed by atoms with Gasteiger partial charge in [-0.2, -0.15) is 0 Å². The van der Waals surface area contributed by atoms with Gasteiger partial charge in [-0.1, -0.05) is 29.8 Å². The maximum Gasteiger partial charge on any atom is 0.173 e. The fourth-order valence-electron chi connectivity index (χ4n) is 2.91. The van der Waals surface area contributed by atoms with Gasteiger partial charge < -0.3 is 15.1 Å². The van der Waals surface area contributed by atoms with Crippen molar-refractivity contribution in [3.63, 3.8) is 0 Å². The van der Waals surface area contributed by atoms with Crippen molar-refractivity contribution in [2.45, 2.75) is 13.8 Å². The predicted molar refractivity (Wildman–Crippen MR) is 107 cm³/mol. The first-order valence-electron chi connectivity index (χ1n) is 8.16. The highest BCUT2D eigenvalue weighted by Crippen LogP contribution is 2.22. The van der Waals surface area contributed by atoms with Gasteiger partial charge in [0, 0.05) is 42.6 Å². The number of hydrogen-bond donors (Lipinski definition) is 1. The molecule has 2 aromatic rings. The molecule has 0 atom stereocenters. The highest BCUT2D eigenvalue weighted by Gasteiger charge is 2.19. The summed E-state index contributed by atoms with van der Waals surface area (Å²) in [7, 11) is 0. The molecule has 1 aliphatic rings. The number of anilines is 2. The molecule has 2 aromatic carbocycles. The second-order valence-electron chi connectivity index (χ2n) is 6.20. The van der Waals surface area contributed by atoms with E-state index < -0.39 is 0 Å². The van der Waals surface area contributed by atoms with Crippen molar-refractivity contribution in [2.24, 2.45) is 0 Å². The molecule has 3 rings (SSSR count). The molecular weight excluding hydrogens is 338 g/mol. The van der Waals surface area contributed by atoms with Crippen molar-refractivity contribution in [1.29, 1.82) is 0 Å². The van der Waals surface area contributed by atoms with Crippen LogP contribution in [-0.4, -0.2) is 36.2 Å². The zero-order chi connectivity index (χ0) is 17.1. The van der Waals surface area contributed by atoms with Crippen LogP contribution in [0.4, 0.5) is 11.4 Å². The minimum atomic E-state index is 0.780. The molecule has 0 aromatic heterocycles. The Labute approximate surface area is 154 Å². The van der Waals surface area contributed by atoms with Crippen LogP contribution in [0.1, 0.15) is 11.1 Å². The molecule has 24 heavy (non-hydrogen) atoms. The highest BCUT2D eigenvalue weighted by atomic mass is 35.5. The fourth-order valence-corrected chi connectivity index (χ4v) is 3.38. The lowest BCUT2D eigenvalue weighted by atomic mass is 10.1. The molecule has 1 aliphatic heterocycles. The Morgan fingerprint density at radius 2 is 1.79 bits per heavy atom. The molecular formula is C19H22ClN3S.